The van der Waals surface area contributed by atoms with Crippen LogP contribution in [0, 0.1) is 0 Å². The molecule has 6 heteroatoms. The van der Waals surface area contributed by atoms with E-state index in [2.05, 4.69) is 10.2 Å². The van der Waals surface area contributed by atoms with Gasteiger partial charge in [0.25, 0.3) is 5.22 Å². The largest absolute Gasteiger partial charge is 0.411 e. The van der Waals surface area contributed by atoms with E-state index in [0.717, 1.165) is 15.7 Å². The van der Waals surface area contributed by atoms with E-state index < -0.39 is 0 Å². The smallest absolute Gasteiger partial charge is 0.277 e. The third-order valence-corrected chi connectivity index (χ3v) is 4.68. The molecule has 3 nitrogen and oxygen atoms in total. The molecule has 0 aliphatic rings. The molecule has 19 heavy (non-hydrogen) atoms. The molecule has 0 aliphatic carbocycles. The van der Waals surface area contributed by atoms with Gasteiger partial charge in [-0.15, -0.1) is 21.5 Å². The van der Waals surface area contributed by atoms with E-state index in [1.807, 2.05) is 42.5 Å². The first kappa shape index (κ1) is 12.7. The molecule has 3 aromatic rings. The molecule has 0 saturated carbocycles. The molecule has 0 saturated heterocycles. The summed E-state index contributed by atoms with van der Waals surface area (Å²) in [4.78, 5) is 1.19. The Bertz CT molecular complexity index is 666. The molecule has 96 valence electrons. The molecule has 2 heterocycles. The number of benzene rings is 1. The third kappa shape index (κ3) is 3.18. The Balaban J connectivity index is 1.68. The van der Waals surface area contributed by atoms with Gasteiger partial charge in [0.15, 0.2) is 0 Å². The van der Waals surface area contributed by atoms with Crippen molar-refractivity contribution < 1.29 is 4.42 Å². The average Bonchev–Trinajstić information content (AvgIpc) is 3.06. The Morgan fingerprint density at radius 2 is 1.95 bits per heavy atom. The number of rotatable bonds is 4. The number of halogens is 1. The van der Waals surface area contributed by atoms with Gasteiger partial charge in [-0.1, -0.05) is 41.6 Å². The lowest BCUT2D eigenvalue weighted by molar-refractivity contribution is 0.466. The number of aromatic nitrogens is 2. The van der Waals surface area contributed by atoms with Gasteiger partial charge in [-0.2, -0.15) is 0 Å². The molecule has 0 amide bonds. The van der Waals surface area contributed by atoms with Gasteiger partial charge in [-0.3, -0.25) is 0 Å². The molecular formula is C13H9ClN2OS2. The summed E-state index contributed by atoms with van der Waals surface area (Å²) < 4.78 is 6.41. The fourth-order valence-electron chi connectivity index (χ4n) is 1.53. The highest BCUT2D eigenvalue weighted by atomic mass is 35.5. The Labute approximate surface area is 123 Å². The van der Waals surface area contributed by atoms with Crippen LogP contribution in [0.2, 0.25) is 4.34 Å². The molecule has 1 aromatic carbocycles. The normalized spacial score (nSPS) is 10.8. The summed E-state index contributed by atoms with van der Waals surface area (Å²) in [5.74, 6) is 1.33. The van der Waals surface area contributed by atoms with Crippen LogP contribution in [0.3, 0.4) is 0 Å². The summed E-state index contributed by atoms with van der Waals surface area (Å²) in [6.45, 7) is 0. The van der Waals surface area contributed by atoms with Crippen molar-refractivity contribution in [2.45, 2.75) is 11.0 Å². The predicted octanol–water partition coefficient (Wildman–Crippen LogP) is 4.74. The number of thioether (sulfide) groups is 1. The van der Waals surface area contributed by atoms with Gasteiger partial charge in [0, 0.05) is 16.2 Å². The van der Waals surface area contributed by atoms with Gasteiger partial charge in [-0.25, -0.2) is 0 Å². The minimum absolute atomic E-state index is 0.548. The lowest BCUT2D eigenvalue weighted by atomic mass is 10.2. The van der Waals surface area contributed by atoms with Crippen molar-refractivity contribution in [1.82, 2.24) is 10.2 Å². The van der Waals surface area contributed by atoms with E-state index >= 15 is 0 Å². The first-order chi connectivity index (χ1) is 9.31. The fraction of sp³-hybridized carbons (Fsp3) is 0.0769. The molecule has 0 spiro atoms. The second-order valence-electron chi connectivity index (χ2n) is 3.73. The maximum absolute atomic E-state index is 5.88. The Kier molecular flexibility index (Phi) is 3.87. The van der Waals surface area contributed by atoms with Crippen LogP contribution in [-0.2, 0) is 5.75 Å². The maximum atomic E-state index is 5.88. The van der Waals surface area contributed by atoms with E-state index in [-0.39, 0.29) is 0 Å². The Hall–Kier alpha value is -1.30. The molecular weight excluding hydrogens is 300 g/mol. The first-order valence-corrected chi connectivity index (χ1v) is 7.75. The third-order valence-electron chi connectivity index (χ3n) is 2.39. The second-order valence-corrected chi connectivity index (χ2v) is 6.46. The van der Waals surface area contributed by atoms with Crippen LogP contribution in [0.5, 0.6) is 0 Å². The second kappa shape index (κ2) is 5.77. The summed E-state index contributed by atoms with van der Waals surface area (Å²) in [5, 5.41) is 8.65. The highest BCUT2D eigenvalue weighted by Gasteiger charge is 2.09. The molecule has 0 N–H and O–H groups in total. The SMILES string of the molecule is Clc1ccc(CSc2nnc(-c3ccccc3)o2)s1. The van der Waals surface area contributed by atoms with Crippen molar-refractivity contribution in [3.63, 3.8) is 0 Å². The standard InChI is InChI=1S/C13H9ClN2OS2/c14-11-7-6-10(19-11)8-18-13-16-15-12(17-13)9-4-2-1-3-5-9/h1-7H,8H2. The molecule has 3 rings (SSSR count). The lowest BCUT2D eigenvalue weighted by Gasteiger charge is -1.93. The number of nitrogens with zero attached hydrogens (tertiary/aromatic N) is 2. The van der Waals surface area contributed by atoms with E-state index in [1.165, 1.54) is 16.6 Å². The van der Waals surface area contributed by atoms with Crippen LogP contribution in [0.25, 0.3) is 11.5 Å². The summed E-state index contributed by atoms with van der Waals surface area (Å²) in [5.41, 5.74) is 0.931. The van der Waals surface area contributed by atoms with Crippen LogP contribution < -0.4 is 0 Å². The zero-order valence-corrected chi connectivity index (χ0v) is 12.1. The van der Waals surface area contributed by atoms with Crippen molar-refractivity contribution >= 4 is 34.7 Å². The highest BCUT2D eigenvalue weighted by molar-refractivity contribution is 7.98. The van der Waals surface area contributed by atoms with Crippen LogP contribution >= 0.6 is 34.7 Å². The number of hydrogen-bond donors (Lipinski definition) is 0. The molecule has 2 aromatic heterocycles. The van der Waals surface area contributed by atoms with Crippen LogP contribution in [-0.4, -0.2) is 10.2 Å². The number of thiophene rings is 1. The van der Waals surface area contributed by atoms with Crippen molar-refractivity contribution in [2.24, 2.45) is 0 Å². The minimum Gasteiger partial charge on any atom is -0.411 e. The van der Waals surface area contributed by atoms with Gasteiger partial charge in [0.05, 0.1) is 4.34 Å². The monoisotopic (exact) mass is 308 g/mol. The van der Waals surface area contributed by atoms with E-state index in [1.54, 1.807) is 11.3 Å². The van der Waals surface area contributed by atoms with E-state index in [0.29, 0.717) is 11.1 Å². The van der Waals surface area contributed by atoms with Gasteiger partial charge in [0.2, 0.25) is 5.89 Å². The molecule has 0 unspecified atom stereocenters. The average molecular weight is 309 g/mol. The molecule has 0 aliphatic heterocycles. The van der Waals surface area contributed by atoms with Gasteiger partial charge < -0.3 is 4.42 Å². The van der Waals surface area contributed by atoms with Crippen LogP contribution in [0.15, 0.2) is 52.1 Å². The Morgan fingerprint density at radius 3 is 2.68 bits per heavy atom. The summed E-state index contributed by atoms with van der Waals surface area (Å²) in [6, 6.07) is 13.6. The summed E-state index contributed by atoms with van der Waals surface area (Å²) >= 11 is 8.96. The predicted molar refractivity (Wildman–Crippen MR) is 78.6 cm³/mol. The zero-order valence-electron chi connectivity index (χ0n) is 9.75. The fourth-order valence-corrected chi connectivity index (χ4v) is 3.42. The molecule has 0 bridgehead atoms. The van der Waals surface area contributed by atoms with Crippen molar-refractivity contribution in [3.05, 3.63) is 51.7 Å². The Morgan fingerprint density at radius 1 is 1.11 bits per heavy atom. The van der Waals surface area contributed by atoms with Crippen LogP contribution in [0.4, 0.5) is 0 Å². The maximum Gasteiger partial charge on any atom is 0.277 e. The minimum atomic E-state index is 0.548. The first-order valence-electron chi connectivity index (χ1n) is 5.57. The van der Waals surface area contributed by atoms with Gasteiger partial charge >= 0.3 is 0 Å². The van der Waals surface area contributed by atoms with Crippen molar-refractivity contribution in [2.75, 3.05) is 0 Å². The topological polar surface area (TPSA) is 38.9 Å². The van der Waals surface area contributed by atoms with E-state index in [4.69, 9.17) is 16.0 Å². The number of hydrogen-bond acceptors (Lipinski definition) is 5. The quantitative estimate of drug-likeness (QED) is 0.652. The van der Waals surface area contributed by atoms with Crippen molar-refractivity contribution in [3.8, 4) is 11.5 Å². The van der Waals surface area contributed by atoms with Gasteiger partial charge in [0.1, 0.15) is 0 Å². The summed E-state index contributed by atoms with van der Waals surface area (Å²) in [6.07, 6.45) is 0. The highest BCUT2D eigenvalue weighted by Crippen LogP contribution is 2.29. The molecule has 0 atom stereocenters. The van der Waals surface area contributed by atoms with E-state index in [9.17, 15) is 0 Å². The zero-order chi connectivity index (χ0) is 13.1. The molecule has 0 fully saturated rings. The van der Waals surface area contributed by atoms with Crippen molar-refractivity contribution in [1.29, 1.82) is 0 Å². The van der Waals surface area contributed by atoms with Crippen LogP contribution in [0.1, 0.15) is 4.88 Å². The molecule has 0 radical (unpaired) electrons. The van der Waals surface area contributed by atoms with Gasteiger partial charge in [-0.05, 0) is 24.3 Å². The lowest BCUT2D eigenvalue weighted by Crippen LogP contribution is -1.75. The summed E-state index contributed by atoms with van der Waals surface area (Å²) in [7, 11) is 0.